The van der Waals surface area contributed by atoms with Crippen LogP contribution in [0.3, 0.4) is 0 Å². The summed E-state index contributed by atoms with van der Waals surface area (Å²) in [4.78, 5) is 18.9. The fourth-order valence-corrected chi connectivity index (χ4v) is 4.50. The predicted molar refractivity (Wildman–Crippen MR) is 113 cm³/mol. The summed E-state index contributed by atoms with van der Waals surface area (Å²) >= 11 is 0. The lowest BCUT2D eigenvalue weighted by Gasteiger charge is -2.32. The first-order valence-electron chi connectivity index (χ1n) is 10.9. The van der Waals surface area contributed by atoms with E-state index in [4.69, 9.17) is 0 Å². The Morgan fingerprint density at radius 2 is 2.03 bits per heavy atom. The topological polar surface area (TPSA) is 73.9 Å². The van der Waals surface area contributed by atoms with Crippen molar-refractivity contribution in [1.29, 1.82) is 0 Å². The summed E-state index contributed by atoms with van der Waals surface area (Å²) in [6, 6.07) is 1.10. The molecule has 2 N–H and O–H groups in total. The van der Waals surface area contributed by atoms with E-state index >= 15 is 0 Å². The first-order valence-corrected chi connectivity index (χ1v) is 10.9. The van der Waals surface area contributed by atoms with Gasteiger partial charge in [0.2, 0.25) is 5.91 Å². The molecule has 168 valence electrons. The number of carbonyl (C=O) groups excluding carboxylic acids is 1. The molecule has 1 saturated heterocycles. The van der Waals surface area contributed by atoms with Crippen molar-refractivity contribution in [2.45, 2.75) is 64.1 Å². The lowest BCUT2D eigenvalue weighted by atomic mass is 9.91. The molecule has 0 spiro atoms. The summed E-state index contributed by atoms with van der Waals surface area (Å²) in [5.41, 5.74) is -0.180. The molecule has 0 bridgehead atoms. The van der Waals surface area contributed by atoms with Gasteiger partial charge in [0, 0.05) is 37.2 Å². The van der Waals surface area contributed by atoms with Gasteiger partial charge in [-0.25, -0.2) is 4.98 Å². The zero-order valence-electron chi connectivity index (χ0n) is 17.8. The normalized spacial score (nSPS) is 20.2. The van der Waals surface area contributed by atoms with Gasteiger partial charge >= 0.3 is 6.18 Å². The molecule has 2 aliphatic rings. The number of hydrogen-bond donors (Lipinski definition) is 2. The van der Waals surface area contributed by atoms with Crippen LogP contribution >= 0.6 is 0 Å². The van der Waals surface area contributed by atoms with Crippen molar-refractivity contribution in [3.05, 3.63) is 29.5 Å². The van der Waals surface area contributed by atoms with Gasteiger partial charge < -0.3 is 10.2 Å². The highest BCUT2D eigenvalue weighted by Crippen LogP contribution is 2.40. The van der Waals surface area contributed by atoms with Gasteiger partial charge in [-0.3, -0.25) is 9.89 Å². The molecule has 1 atom stereocenters. The number of alkyl halides is 3. The van der Waals surface area contributed by atoms with E-state index in [0.29, 0.717) is 44.0 Å². The minimum absolute atomic E-state index is 0.0258. The fraction of sp³-hybridized carbons (Fsp3) is 0.591. The van der Waals surface area contributed by atoms with Crippen LogP contribution < -0.4 is 5.32 Å². The van der Waals surface area contributed by atoms with Crippen LogP contribution in [0.15, 0.2) is 18.2 Å². The average Bonchev–Trinajstić information content (AvgIpc) is 3.36. The van der Waals surface area contributed by atoms with Gasteiger partial charge in [0.25, 0.3) is 0 Å². The minimum atomic E-state index is -4.52. The monoisotopic (exact) mass is 435 g/mol. The molecule has 0 aromatic carbocycles. The van der Waals surface area contributed by atoms with Crippen LogP contribution in [0.25, 0.3) is 11.0 Å². The quantitative estimate of drug-likeness (QED) is 0.658. The van der Waals surface area contributed by atoms with Gasteiger partial charge in [0.05, 0.1) is 10.9 Å². The maximum absolute atomic E-state index is 13.9. The molecule has 0 radical (unpaired) electrons. The second kappa shape index (κ2) is 8.51. The molecule has 2 aromatic rings. The average molecular weight is 435 g/mol. The number of pyridine rings is 1. The Balaban J connectivity index is 1.52. The summed E-state index contributed by atoms with van der Waals surface area (Å²) < 4.78 is 41.6. The Labute approximate surface area is 179 Å². The van der Waals surface area contributed by atoms with Crippen molar-refractivity contribution in [1.82, 2.24) is 20.1 Å². The van der Waals surface area contributed by atoms with Gasteiger partial charge in [0.15, 0.2) is 11.5 Å². The molecule has 1 fully saturated rings. The number of amides is 1. The molecule has 3 heterocycles. The third kappa shape index (κ3) is 4.70. The molecular formula is C22H28F3N5O. The molecule has 4 rings (SSSR count). The summed E-state index contributed by atoms with van der Waals surface area (Å²) in [7, 11) is 0. The SMILES string of the molecule is CC(C)Nc1n[nH]c2nc(C3CCN(C(=O)CC4C=CCC4)CC3)cc(C(F)(F)F)c12. The Kier molecular flexibility index (Phi) is 5.94. The number of fused-ring (bicyclic) bond motifs is 1. The van der Waals surface area contributed by atoms with Crippen molar-refractivity contribution >= 4 is 22.8 Å². The number of rotatable bonds is 5. The molecular weight excluding hydrogens is 407 g/mol. The number of piperidine rings is 1. The number of nitrogens with zero attached hydrogens (tertiary/aromatic N) is 3. The van der Waals surface area contributed by atoms with Crippen LogP contribution in [0.5, 0.6) is 0 Å². The van der Waals surface area contributed by atoms with E-state index in [-0.39, 0.29) is 34.7 Å². The Hall–Kier alpha value is -2.58. The minimum Gasteiger partial charge on any atom is -0.366 e. The number of aromatic nitrogens is 3. The van der Waals surface area contributed by atoms with Crippen LogP contribution in [0, 0.1) is 5.92 Å². The molecule has 31 heavy (non-hydrogen) atoms. The summed E-state index contributed by atoms with van der Waals surface area (Å²) in [6.07, 6.45) is 3.47. The highest BCUT2D eigenvalue weighted by atomic mass is 19.4. The summed E-state index contributed by atoms with van der Waals surface area (Å²) in [6.45, 7) is 4.77. The lowest BCUT2D eigenvalue weighted by Crippen LogP contribution is -2.38. The zero-order chi connectivity index (χ0) is 22.2. The number of nitrogens with one attached hydrogen (secondary N) is 2. The first kappa shape index (κ1) is 21.6. The molecule has 1 amide bonds. The summed E-state index contributed by atoms with van der Waals surface area (Å²) in [5.74, 6) is 0.494. The van der Waals surface area contributed by atoms with Gasteiger partial charge in [0.1, 0.15) is 0 Å². The number of allylic oxidation sites excluding steroid dienone is 2. The number of halogens is 3. The van der Waals surface area contributed by atoms with Crippen molar-refractivity contribution in [3.63, 3.8) is 0 Å². The van der Waals surface area contributed by atoms with Crippen LogP contribution in [-0.4, -0.2) is 45.1 Å². The number of anilines is 1. The van der Waals surface area contributed by atoms with Crippen molar-refractivity contribution in [2.24, 2.45) is 5.92 Å². The van der Waals surface area contributed by atoms with Gasteiger partial charge in [-0.05, 0) is 51.5 Å². The number of hydrogen-bond acceptors (Lipinski definition) is 4. The van der Waals surface area contributed by atoms with E-state index < -0.39 is 11.7 Å². The number of likely N-dealkylation sites (tertiary alicyclic amines) is 1. The molecule has 9 heteroatoms. The van der Waals surface area contributed by atoms with Gasteiger partial charge in [-0.1, -0.05) is 12.2 Å². The second-order valence-electron chi connectivity index (χ2n) is 8.81. The van der Waals surface area contributed by atoms with E-state index in [1.165, 1.54) is 0 Å². The standard InChI is InChI=1S/C22H28F3N5O/c1-13(2)26-20-19-16(22(23,24)25)12-17(27-21(19)29-28-20)15-7-9-30(10-8-15)18(31)11-14-5-3-4-6-14/h3,5,12-15H,4,6-11H2,1-2H3,(H2,26,27,28,29). The maximum atomic E-state index is 13.9. The lowest BCUT2D eigenvalue weighted by molar-refractivity contribution is -0.136. The molecule has 0 saturated carbocycles. The van der Waals surface area contributed by atoms with Gasteiger partial charge in [-0.2, -0.15) is 18.3 Å². The first-order chi connectivity index (χ1) is 14.7. The molecule has 6 nitrogen and oxygen atoms in total. The largest absolute Gasteiger partial charge is 0.417 e. The highest BCUT2D eigenvalue weighted by molar-refractivity contribution is 5.91. The van der Waals surface area contributed by atoms with Crippen molar-refractivity contribution in [2.75, 3.05) is 18.4 Å². The van der Waals surface area contributed by atoms with E-state index in [9.17, 15) is 18.0 Å². The second-order valence-corrected chi connectivity index (χ2v) is 8.81. The van der Waals surface area contributed by atoms with Crippen molar-refractivity contribution in [3.8, 4) is 0 Å². The van der Waals surface area contributed by atoms with Crippen LogP contribution in [-0.2, 0) is 11.0 Å². The number of aromatic amines is 1. The maximum Gasteiger partial charge on any atom is 0.417 e. The Morgan fingerprint density at radius 1 is 1.29 bits per heavy atom. The van der Waals surface area contributed by atoms with E-state index in [2.05, 4.69) is 32.7 Å². The third-order valence-electron chi connectivity index (χ3n) is 6.10. The zero-order valence-corrected chi connectivity index (χ0v) is 17.8. The Morgan fingerprint density at radius 3 is 2.65 bits per heavy atom. The summed E-state index contributed by atoms with van der Waals surface area (Å²) in [5, 5.41) is 9.61. The number of H-pyrrole nitrogens is 1. The van der Waals surface area contributed by atoms with Crippen LogP contribution in [0.2, 0.25) is 0 Å². The fourth-order valence-electron chi connectivity index (χ4n) is 4.50. The predicted octanol–water partition coefficient (Wildman–Crippen LogP) is 4.86. The van der Waals surface area contributed by atoms with Crippen LogP contribution in [0.1, 0.15) is 63.1 Å². The molecule has 1 aliphatic heterocycles. The smallest absolute Gasteiger partial charge is 0.366 e. The van der Waals surface area contributed by atoms with E-state index in [0.717, 1.165) is 18.9 Å². The highest BCUT2D eigenvalue weighted by Gasteiger charge is 2.37. The molecule has 1 aliphatic carbocycles. The van der Waals surface area contributed by atoms with E-state index in [1.807, 2.05) is 18.7 Å². The van der Waals surface area contributed by atoms with Crippen LogP contribution in [0.4, 0.5) is 19.0 Å². The molecule has 2 aromatic heterocycles. The van der Waals surface area contributed by atoms with Crippen molar-refractivity contribution < 1.29 is 18.0 Å². The van der Waals surface area contributed by atoms with Gasteiger partial charge in [-0.15, -0.1) is 0 Å². The third-order valence-corrected chi connectivity index (χ3v) is 6.10. The Bertz CT molecular complexity index is 973. The molecule has 1 unspecified atom stereocenters. The van der Waals surface area contributed by atoms with E-state index in [1.54, 1.807) is 0 Å². The number of carbonyl (C=O) groups is 1.